The Kier molecular flexibility index (Phi) is 6.88. The third-order valence-electron chi connectivity index (χ3n) is 3.67. The van der Waals surface area contributed by atoms with Gasteiger partial charge in [-0.25, -0.2) is 0 Å². The lowest BCUT2D eigenvalue weighted by atomic mass is 10.2. The van der Waals surface area contributed by atoms with Crippen LogP contribution in [0, 0.1) is 11.3 Å². The van der Waals surface area contributed by atoms with E-state index >= 15 is 0 Å². The molecule has 7 nitrogen and oxygen atoms in total. The fourth-order valence-corrected chi connectivity index (χ4v) is 2.46. The number of carbonyl (C=O) groups is 1. The number of hydrogen-bond donors (Lipinski definition) is 4. The van der Waals surface area contributed by atoms with Gasteiger partial charge in [0.25, 0.3) is 5.91 Å². The number of nitrogens with two attached hydrogens (primary N) is 1. The predicted octanol–water partition coefficient (Wildman–Crippen LogP) is 0.763. The lowest BCUT2D eigenvalue weighted by Crippen LogP contribution is -2.46. The molecule has 1 saturated heterocycles. The summed E-state index contributed by atoms with van der Waals surface area (Å²) >= 11 is 5.93. The van der Waals surface area contributed by atoms with Gasteiger partial charge in [0.2, 0.25) is 0 Å². The van der Waals surface area contributed by atoms with E-state index in [0.29, 0.717) is 22.9 Å². The number of nitrogen functional groups attached to an aromatic ring is 1. The van der Waals surface area contributed by atoms with Gasteiger partial charge in [-0.15, -0.1) is 0 Å². The minimum absolute atomic E-state index is 0.00302. The van der Waals surface area contributed by atoms with Gasteiger partial charge < -0.3 is 21.7 Å². The summed E-state index contributed by atoms with van der Waals surface area (Å²) in [7, 11) is 0. The summed E-state index contributed by atoms with van der Waals surface area (Å²) in [6.45, 7) is 5.14. The van der Waals surface area contributed by atoms with E-state index < -0.39 is 5.91 Å². The van der Waals surface area contributed by atoms with Crippen molar-refractivity contribution in [1.29, 1.82) is 5.26 Å². The maximum absolute atomic E-state index is 12.0. The van der Waals surface area contributed by atoms with Gasteiger partial charge in [-0.05, 0) is 18.2 Å². The first-order chi connectivity index (χ1) is 11.6. The molecule has 1 aromatic carbocycles. The first-order valence-corrected chi connectivity index (χ1v) is 8.11. The van der Waals surface area contributed by atoms with Crippen LogP contribution >= 0.6 is 11.6 Å². The smallest absolute Gasteiger partial charge is 0.263 e. The van der Waals surface area contributed by atoms with Crippen molar-refractivity contribution in [2.24, 2.45) is 0 Å². The number of nitrogens with zero attached hydrogens (tertiary/aromatic N) is 2. The molecule has 2 rings (SSSR count). The predicted molar refractivity (Wildman–Crippen MR) is 95.5 cm³/mol. The minimum atomic E-state index is -0.401. The molecule has 1 heterocycles. The van der Waals surface area contributed by atoms with Crippen molar-refractivity contribution in [3.63, 3.8) is 0 Å². The molecule has 1 aliphatic heterocycles. The number of amides is 1. The van der Waals surface area contributed by atoms with Crippen molar-refractivity contribution < 1.29 is 4.79 Å². The largest absolute Gasteiger partial charge is 0.398 e. The van der Waals surface area contributed by atoms with E-state index in [1.165, 1.54) is 6.20 Å². The highest BCUT2D eigenvalue weighted by molar-refractivity contribution is 6.33. The van der Waals surface area contributed by atoms with Crippen molar-refractivity contribution in [1.82, 2.24) is 15.5 Å². The van der Waals surface area contributed by atoms with Crippen LogP contribution < -0.4 is 21.7 Å². The molecule has 0 spiro atoms. The van der Waals surface area contributed by atoms with Crippen LogP contribution in [0.2, 0.25) is 5.02 Å². The van der Waals surface area contributed by atoms with Gasteiger partial charge in [0.15, 0.2) is 0 Å². The molecule has 0 saturated carbocycles. The third-order valence-corrected chi connectivity index (χ3v) is 4.00. The maximum Gasteiger partial charge on any atom is 0.263 e. The van der Waals surface area contributed by atoms with E-state index in [9.17, 15) is 4.79 Å². The van der Waals surface area contributed by atoms with Gasteiger partial charge in [0.05, 0.1) is 10.7 Å². The first-order valence-electron chi connectivity index (χ1n) is 7.73. The zero-order valence-electron chi connectivity index (χ0n) is 13.3. The molecule has 0 atom stereocenters. The van der Waals surface area contributed by atoms with Gasteiger partial charge in [0.1, 0.15) is 11.6 Å². The van der Waals surface area contributed by atoms with Crippen LogP contribution in [0.5, 0.6) is 0 Å². The normalized spacial score (nSPS) is 15.6. The molecule has 0 aromatic heterocycles. The number of rotatable bonds is 6. The fourth-order valence-electron chi connectivity index (χ4n) is 2.28. The summed E-state index contributed by atoms with van der Waals surface area (Å²) in [5, 5.41) is 18.5. The number of nitriles is 1. The van der Waals surface area contributed by atoms with Crippen LogP contribution in [0.1, 0.15) is 0 Å². The first kappa shape index (κ1) is 18.1. The SMILES string of the molecule is N#C/C(=C/Nc1ccc(N)c(Cl)c1)C(=O)NCCN1CCNCC1. The van der Waals surface area contributed by atoms with E-state index in [1.54, 1.807) is 18.2 Å². The maximum atomic E-state index is 12.0. The van der Waals surface area contributed by atoms with Crippen LogP contribution in [-0.4, -0.2) is 50.1 Å². The molecule has 128 valence electrons. The van der Waals surface area contributed by atoms with E-state index in [1.807, 2.05) is 6.07 Å². The standard InChI is InChI=1S/C16H21ClN6O/c17-14-9-13(1-2-15(14)19)22-11-12(10-18)16(24)21-5-8-23-6-3-20-4-7-23/h1-2,9,11,20,22H,3-8,19H2,(H,21,24)/b12-11-. The van der Waals surface area contributed by atoms with Crippen molar-refractivity contribution in [3.8, 4) is 6.07 Å². The fraction of sp³-hybridized carbons (Fsp3) is 0.375. The lowest BCUT2D eigenvalue weighted by Gasteiger charge is -2.27. The summed E-state index contributed by atoms with van der Waals surface area (Å²) in [5.41, 5.74) is 6.76. The molecular formula is C16H21ClN6O. The van der Waals surface area contributed by atoms with Crippen LogP contribution in [0.15, 0.2) is 30.0 Å². The van der Waals surface area contributed by atoms with Crippen molar-refractivity contribution >= 4 is 28.9 Å². The quantitative estimate of drug-likeness (QED) is 0.343. The summed E-state index contributed by atoms with van der Waals surface area (Å²) in [5.74, 6) is -0.401. The van der Waals surface area contributed by atoms with E-state index in [2.05, 4.69) is 20.9 Å². The molecule has 0 unspecified atom stereocenters. The molecule has 1 aliphatic rings. The van der Waals surface area contributed by atoms with E-state index in [4.69, 9.17) is 22.6 Å². The van der Waals surface area contributed by atoms with Gasteiger partial charge in [-0.2, -0.15) is 5.26 Å². The van der Waals surface area contributed by atoms with Crippen LogP contribution in [0.25, 0.3) is 0 Å². The average Bonchev–Trinajstić information content (AvgIpc) is 2.59. The second-order valence-electron chi connectivity index (χ2n) is 5.40. The van der Waals surface area contributed by atoms with Crippen LogP contribution in [0.3, 0.4) is 0 Å². The second kappa shape index (κ2) is 9.13. The van der Waals surface area contributed by atoms with Crippen molar-refractivity contribution in [3.05, 3.63) is 35.0 Å². The molecule has 8 heteroatoms. The Morgan fingerprint density at radius 1 is 1.46 bits per heavy atom. The molecule has 24 heavy (non-hydrogen) atoms. The zero-order valence-corrected chi connectivity index (χ0v) is 14.1. The summed E-state index contributed by atoms with van der Waals surface area (Å²) in [4.78, 5) is 14.3. The average molecular weight is 349 g/mol. The Morgan fingerprint density at radius 2 is 2.21 bits per heavy atom. The Morgan fingerprint density at radius 3 is 2.88 bits per heavy atom. The Hall–Kier alpha value is -2.27. The number of halogens is 1. The number of anilines is 2. The van der Waals surface area contributed by atoms with E-state index in [-0.39, 0.29) is 5.57 Å². The molecule has 1 amide bonds. The third kappa shape index (κ3) is 5.42. The molecule has 1 aromatic rings. The Balaban J connectivity index is 1.83. The second-order valence-corrected chi connectivity index (χ2v) is 5.81. The van der Waals surface area contributed by atoms with Crippen molar-refractivity contribution in [2.75, 3.05) is 50.3 Å². The Bertz CT molecular complexity index is 648. The zero-order chi connectivity index (χ0) is 17.4. The Labute approximate surface area is 146 Å². The summed E-state index contributed by atoms with van der Waals surface area (Å²) < 4.78 is 0. The number of nitrogens with one attached hydrogen (secondary N) is 3. The van der Waals surface area contributed by atoms with Gasteiger partial charge in [0, 0.05) is 51.2 Å². The van der Waals surface area contributed by atoms with Crippen LogP contribution in [0.4, 0.5) is 11.4 Å². The highest BCUT2D eigenvalue weighted by atomic mass is 35.5. The van der Waals surface area contributed by atoms with Crippen molar-refractivity contribution in [2.45, 2.75) is 0 Å². The van der Waals surface area contributed by atoms with Gasteiger partial charge in [-0.3, -0.25) is 9.69 Å². The van der Waals surface area contributed by atoms with Gasteiger partial charge >= 0.3 is 0 Å². The number of piperazine rings is 1. The molecule has 0 bridgehead atoms. The highest BCUT2D eigenvalue weighted by Crippen LogP contribution is 2.22. The monoisotopic (exact) mass is 348 g/mol. The number of benzene rings is 1. The number of carbonyl (C=O) groups excluding carboxylic acids is 1. The molecular weight excluding hydrogens is 328 g/mol. The van der Waals surface area contributed by atoms with E-state index in [0.717, 1.165) is 32.7 Å². The molecule has 5 N–H and O–H groups in total. The molecule has 0 radical (unpaired) electrons. The number of hydrogen-bond acceptors (Lipinski definition) is 6. The highest BCUT2D eigenvalue weighted by Gasteiger charge is 2.11. The summed E-state index contributed by atoms with van der Waals surface area (Å²) in [6, 6.07) is 6.89. The van der Waals surface area contributed by atoms with Gasteiger partial charge in [-0.1, -0.05) is 11.6 Å². The van der Waals surface area contributed by atoms with Crippen LogP contribution in [-0.2, 0) is 4.79 Å². The lowest BCUT2D eigenvalue weighted by molar-refractivity contribution is -0.117. The minimum Gasteiger partial charge on any atom is -0.398 e. The topological polar surface area (TPSA) is 106 Å². The molecule has 1 fully saturated rings. The summed E-state index contributed by atoms with van der Waals surface area (Å²) in [6.07, 6.45) is 1.36. The molecule has 0 aliphatic carbocycles.